The molecule has 0 spiro atoms. The van der Waals surface area contributed by atoms with Crippen LogP contribution in [0.5, 0.6) is 0 Å². The molecule has 0 aliphatic carbocycles. The summed E-state index contributed by atoms with van der Waals surface area (Å²) < 4.78 is 13.7. The van der Waals surface area contributed by atoms with Crippen LogP contribution >= 0.6 is 22.9 Å². The second-order valence-electron chi connectivity index (χ2n) is 4.51. The molecule has 0 N–H and O–H groups in total. The summed E-state index contributed by atoms with van der Waals surface area (Å²) in [6, 6.07) is 4.49. The first-order valence-electron chi connectivity index (χ1n) is 6.02. The standard InChI is InChI=1S/C14H14ClFN2OS/c1-8-13(20-9(2)17-8)14(19)18(3)7-10-11(15)5-4-6-12(10)16/h4-6H,7H2,1-3H3. The molecule has 1 amide bonds. The minimum atomic E-state index is -0.408. The van der Waals surface area contributed by atoms with Crippen LogP contribution < -0.4 is 0 Å². The molecule has 6 heteroatoms. The Morgan fingerprint density at radius 3 is 2.70 bits per heavy atom. The van der Waals surface area contributed by atoms with Crippen LogP contribution in [0.3, 0.4) is 0 Å². The smallest absolute Gasteiger partial charge is 0.265 e. The topological polar surface area (TPSA) is 33.2 Å². The minimum absolute atomic E-state index is 0.126. The van der Waals surface area contributed by atoms with Gasteiger partial charge in [-0.3, -0.25) is 4.79 Å². The van der Waals surface area contributed by atoms with Gasteiger partial charge in [0.1, 0.15) is 10.7 Å². The van der Waals surface area contributed by atoms with E-state index >= 15 is 0 Å². The number of hydrogen-bond acceptors (Lipinski definition) is 3. The summed E-state index contributed by atoms with van der Waals surface area (Å²) in [5.41, 5.74) is 1.02. The van der Waals surface area contributed by atoms with Crippen LogP contribution in [0.2, 0.25) is 5.02 Å². The summed E-state index contributed by atoms with van der Waals surface area (Å²) in [4.78, 5) is 18.6. The zero-order chi connectivity index (χ0) is 14.9. The summed E-state index contributed by atoms with van der Waals surface area (Å²) in [5.74, 6) is -0.582. The molecule has 0 radical (unpaired) electrons. The highest BCUT2D eigenvalue weighted by atomic mass is 35.5. The van der Waals surface area contributed by atoms with Gasteiger partial charge in [0.15, 0.2) is 0 Å². The molecule has 0 saturated heterocycles. The number of aromatic nitrogens is 1. The number of carbonyl (C=O) groups excluding carboxylic acids is 1. The lowest BCUT2D eigenvalue weighted by Crippen LogP contribution is -2.26. The normalized spacial score (nSPS) is 10.7. The molecule has 1 heterocycles. The van der Waals surface area contributed by atoms with Gasteiger partial charge in [0, 0.05) is 17.6 Å². The molecule has 0 fully saturated rings. The number of benzene rings is 1. The van der Waals surface area contributed by atoms with Gasteiger partial charge >= 0.3 is 0 Å². The highest BCUT2D eigenvalue weighted by Gasteiger charge is 2.20. The fourth-order valence-corrected chi connectivity index (χ4v) is 3.03. The van der Waals surface area contributed by atoms with E-state index in [0.717, 1.165) is 5.01 Å². The van der Waals surface area contributed by atoms with Gasteiger partial charge in [-0.1, -0.05) is 17.7 Å². The van der Waals surface area contributed by atoms with E-state index in [1.54, 1.807) is 26.1 Å². The Bertz CT molecular complexity index is 636. The quantitative estimate of drug-likeness (QED) is 0.863. The fourth-order valence-electron chi connectivity index (χ4n) is 1.90. The number of carbonyl (C=O) groups is 1. The van der Waals surface area contributed by atoms with Crippen molar-refractivity contribution >= 4 is 28.8 Å². The average Bonchev–Trinajstić information content (AvgIpc) is 2.72. The van der Waals surface area contributed by atoms with Crippen molar-refractivity contribution in [1.29, 1.82) is 0 Å². The van der Waals surface area contributed by atoms with E-state index in [-0.39, 0.29) is 12.5 Å². The Hall–Kier alpha value is -1.46. The summed E-state index contributed by atoms with van der Waals surface area (Å²) in [6.45, 7) is 3.77. The van der Waals surface area contributed by atoms with Crippen molar-refractivity contribution in [3.05, 3.63) is 50.2 Å². The van der Waals surface area contributed by atoms with Gasteiger partial charge in [-0.25, -0.2) is 9.37 Å². The Balaban J connectivity index is 2.22. The third-order valence-corrected chi connectivity index (χ3v) is 4.32. The first-order chi connectivity index (χ1) is 9.40. The van der Waals surface area contributed by atoms with E-state index in [0.29, 0.717) is 21.2 Å². The number of aryl methyl sites for hydroxylation is 2. The third-order valence-electron chi connectivity index (χ3n) is 2.90. The first-order valence-corrected chi connectivity index (χ1v) is 7.22. The molecule has 2 aromatic rings. The van der Waals surface area contributed by atoms with Crippen molar-refractivity contribution in [1.82, 2.24) is 9.88 Å². The molecule has 20 heavy (non-hydrogen) atoms. The number of rotatable bonds is 3. The lowest BCUT2D eigenvalue weighted by molar-refractivity contribution is 0.0788. The molecule has 0 unspecified atom stereocenters. The molecular formula is C14H14ClFN2OS. The van der Waals surface area contributed by atoms with Gasteiger partial charge in [0.2, 0.25) is 0 Å². The van der Waals surface area contributed by atoms with E-state index in [9.17, 15) is 9.18 Å². The van der Waals surface area contributed by atoms with Gasteiger partial charge in [-0.15, -0.1) is 11.3 Å². The lowest BCUT2D eigenvalue weighted by Gasteiger charge is -2.17. The molecule has 2 rings (SSSR count). The van der Waals surface area contributed by atoms with E-state index < -0.39 is 5.82 Å². The van der Waals surface area contributed by atoms with Crippen LogP contribution in [0.25, 0.3) is 0 Å². The summed E-state index contributed by atoms with van der Waals surface area (Å²) in [7, 11) is 1.62. The van der Waals surface area contributed by atoms with Gasteiger partial charge in [-0.05, 0) is 26.0 Å². The van der Waals surface area contributed by atoms with Gasteiger partial charge in [0.25, 0.3) is 5.91 Å². The Kier molecular flexibility index (Phi) is 4.40. The number of nitrogens with zero attached hydrogens (tertiary/aromatic N) is 2. The fraction of sp³-hybridized carbons (Fsp3) is 0.286. The zero-order valence-corrected chi connectivity index (χ0v) is 13.0. The average molecular weight is 313 g/mol. The second-order valence-corrected chi connectivity index (χ2v) is 6.12. The third kappa shape index (κ3) is 2.99. The highest BCUT2D eigenvalue weighted by molar-refractivity contribution is 7.13. The van der Waals surface area contributed by atoms with Crippen LogP contribution in [0.4, 0.5) is 4.39 Å². The van der Waals surface area contributed by atoms with Crippen molar-refractivity contribution in [3.8, 4) is 0 Å². The predicted octanol–water partition coefficient (Wildman–Crippen LogP) is 3.82. The van der Waals surface area contributed by atoms with Crippen LogP contribution in [0.1, 0.15) is 25.9 Å². The number of amides is 1. The van der Waals surface area contributed by atoms with Crippen molar-refractivity contribution in [2.24, 2.45) is 0 Å². The number of thiazole rings is 1. The second kappa shape index (κ2) is 5.89. The molecule has 0 atom stereocenters. The predicted molar refractivity (Wildman–Crippen MR) is 78.8 cm³/mol. The zero-order valence-electron chi connectivity index (χ0n) is 11.4. The molecular weight excluding hydrogens is 299 g/mol. The molecule has 0 saturated carbocycles. The maximum Gasteiger partial charge on any atom is 0.265 e. The van der Waals surface area contributed by atoms with Crippen molar-refractivity contribution in [3.63, 3.8) is 0 Å². The van der Waals surface area contributed by atoms with Crippen molar-refractivity contribution in [2.75, 3.05) is 7.05 Å². The highest BCUT2D eigenvalue weighted by Crippen LogP contribution is 2.23. The monoisotopic (exact) mass is 312 g/mol. The SMILES string of the molecule is Cc1nc(C)c(C(=O)N(C)Cc2c(F)cccc2Cl)s1. The number of halogens is 2. The van der Waals surface area contributed by atoms with Crippen LogP contribution in [-0.2, 0) is 6.54 Å². The van der Waals surface area contributed by atoms with Crippen LogP contribution in [0.15, 0.2) is 18.2 Å². The molecule has 1 aromatic carbocycles. The first kappa shape index (κ1) is 14.9. The molecule has 3 nitrogen and oxygen atoms in total. The van der Waals surface area contributed by atoms with Gasteiger partial charge in [0.05, 0.1) is 17.2 Å². The molecule has 0 aliphatic heterocycles. The number of hydrogen-bond donors (Lipinski definition) is 0. The lowest BCUT2D eigenvalue weighted by atomic mass is 10.2. The summed E-state index contributed by atoms with van der Waals surface area (Å²) in [6.07, 6.45) is 0. The Labute approximate surface area is 126 Å². The van der Waals surface area contributed by atoms with Crippen molar-refractivity contribution in [2.45, 2.75) is 20.4 Å². The van der Waals surface area contributed by atoms with E-state index in [4.69, 9.17) is 11.6 Å². The summed E-state index contributed by atoms with van der Waals surface area (Å²) >= 11 is 7.31. The van der Waals surface area contributed by atoms with Crippen molar-refractivity contribution < 1.29 is 9.18 Å². The summed E-state index contributed by atoms with van der Waals surface area (Å²) in [5, 5.41) is 1.16. The maximum atomic E-state index is 13.7. The van der Waals surface area contributed by atoms with Gasteiger partial charge < -0.3 is 4.90 Å². The van der Waals surface area contributed by atoms with E-state index in [2.05, 4.69) is 4.98 Å². The molecule has 0 bridgehead atoms. The molecule has 1 aromatic heterocycles. The van der Waals surface area contributed by atoms with Gasteiger partial charge in [-0.2, -0.15) is 0 Å². The van der Waals surface area contributed by atoms with Crippen LogP contribution in [0, 0.1) is 19.7 Å². The van der Waals surface area contributed by atoms with Crippen LogP contribution in [-0.4, -0.2) is 22.8 Å². The minimum Gasteiger partial charge on any atom is -0.336 e. The van der Waals surface area contributed by atoms with E-state index in [1.807, 2.05) is 6.92 Å². The van der Waals surface area contributed by atoms with E-state index in [1.165, 1.54) is 22.3 Å². The Morgan fingerprint density at radius 1 is 1.45 bits per heavy atom. The molecule has 0 aliphatic rings. The molecule has 106 valence electrons. The Morgan fingerprint density at radius 2 is 2.15 bits per heavy atom. The largest absolute Gasteiger partial charge is 0.336 e. The maximum absolute atomic E-state index is 13.7.